The summed E-state index contributed by atoms with van der Waals surface area (Å²) in [6.45, 7) is 2.85. The molecule has 1 saturated heterocycles. The lowest BCUT2D eigenvalue weighted by Gasteiger charge is -2.22. The summed E-state index contributed by atoms with van der Waals surface area (Å²) in [4.78, 5) is 2.47. The van der Waals surface area contributed by atoms with Gasteiger partial charge in [-0.1, -0.05) is 35.5 Å². The molecule has 1 aliphatic heterocycles. The van der Waals surface area contributed by atoms with Crippen LogP contribution in [0, 0.1) is 0 Å². The third kappa shape index (κ3) is 3.19. The van der Waals surface area contributed by atoms with E-state index in [2.05, 4.69) is 33.4 Å². The summed E-state index contributed by atoms with van der Waals surface area (Å²) in [6.07, 6.45) is 6.30. The van der Waals surface area contributed by atoms with Crippen LogP contribution in [0.3, 0.4) is 0 Å². The summed E-state index contributed by atoms with van der Waals surface area (Å²) in [7, 11) is 0. The van der Waals surface area contributed by atoms with Crippen molar-refractivity contribution >= 4 is 0 Å². The van der Waals surface area contributed by atoms with E-state index < -0.39 is 0 Å². The molecule has 23 heavy (non-hydrogen) atoms. The molecule has 0 unspecified atom stereocenters. The van der Waals surface area contributed by atoms with Crippen LogP contribution in [-0.2, 0) is 13.1 Å². The summed E-state index contributed by atoms with van der Waals surface area (Å²) >= 11 is 0. The number of hydrogen-bond acceptors (Lipinski definition) is 4. The summed E-state index contributed by atoms with van der Waals surface area (Å²) in [6, 6.07) is 14.7. The van der Waals surface area contributed by atoms with Gasteiger partial charge >= 0.3 is 0 Å². The average molecular weight is 308 g/mol. The number of benzene rings is 1. The van der Waals surface area contributed by atoms with Crippen molar-refractivity contribution in [2.24, 2.45) is 0 Å². The molecule has 5 heteroatoms. The number of nitrogens with zero attached hydrogens (tertiary/aromatic N) is 4. The Balaban J connectivity index is 1.44. The maximum absolute atomic E-state index is 5.55. The van der Waals surface area contributed by atoms with Crippen LogP contribution in [0.5, 0.6) is 0 Å². The molecule has 0 aliphatic carbocycles. The first kappa shape index (κ1) is 14.2. The molecule has 0 spiro atoms. The fourth-order valence-electron chi connectivity index (χ4n) is 3.27. The van der Waals surface area contributed by atoms with Gasteiger partial charge in [-0.3, -0.25) is 9.58 Å². The van der Waals surface area contributed by atoms with E-state index in [1.165, 1.54) is 12.8 Å². The highest BCUT2D eigenvalue weighted by atomic mass is 16.5. The highest BCUT2D eigenvalue weighted by molar-refractivity contribution is 5.58. The topological polar surface area (TPSA) is 47.1 Å². The Kier molecular flexibility index (Phi) is 3.94. The van der Waals surface area contributed by atoms with Crippen LogP contribution < -0.4 is 0 Å². The van der Waals surface area contributed by atoms with Crippen molar-refractivity contribution in [1.29, 1.82) is 0 Å². The Morgan fingerprint density at radius 1 is 1.17 bits per heavy atom. The van der Waals surface area contributed by atoms with Gasteiger partial charge in [0.2, 0.25) is 0 Å². The molecule has 5 nitrogen and oxygen atoms in total. The maximum Gasteiger partial charge on any atom is 0.151 e. The van der Waals surface area contributed by atoms with Crippen molar-refractivity contribution in [3.63, 3.8) is 0 Å². The van der Waals surface area contributed by atoms with Gasteiger partial charge in [0.15, 0.2) is 5.76 Å². The zero-order chi connectivity index (χ0) is 15.5. The average Bonchev–Trinajstić information content (AvgIpc) is 3.33. The molecule has 0 amide bonds. The quantitative estimate of drug-likeness (QED) is 0.726. The molecule has 4 rings (SSSR count). The number of likely N-dealkylation sites (tertiary alicyclic amines) is 1. The van der Waals surface area contributed by atoms with Gasteiger partial charge < -0.3 is 4.52 Å². The lowest BCUT2D eigenvalue weighted by Crippen LogP contribution is -2.32. The van der Waals surface area contributed by atoms with Gasteiger partial charge in [-0.2, -0.15) is 5.10 Å². The minimum absolute atomic E-state index is 0.514. The van der Waals surface area contributed by atoms with Crippen molar-refractivity contribution in [2.45, 2.75) is 32.0 Å². The summed E-state index contributed by atoms with van der Waals surface area (Å²) < 4.78 is 7.56. The third-order valence-corrected chi connectivity index (χ3v) is 4.44. The molecule has 2 aromatic heterocycles. The molecular formula is C18H20N4O. The predicted molar refractivity (Wildman–Crippen MR) is 87.6 cm³/mol. The molecule has 3 heterocycles. The van der Waals surface area contributed by atoms with Gasteiger partial charge in [0, 0.05) is 30.1 Å². The molecule has 118 valence electrons. The molecular weight excluding hydrogens is 288 g/mol. The molecule has 1 aliphatic rings. The van der Waals surface area contributed by atoms with E-state index in [-0.39, 0.29) is 0 Å². The highest BCUT2D eigenvalue weighted by Crippen LogP contribution is 2.24. The van der Waals surface area contributed by atoms with Crippen LogP contribution in [0.25, 0.3) is 11.3 Å². The van der Waals surface area contributed by atoms with Crippen LogP contribution in [-0.4, -0.2) is 32.4 Å². The number of hydrogen-bond donors (Lipinski definition) is 0. The van der Waals surface area contributed by atoms with Gasteiger partial charge in [-0.15, -0.1) is 0 Å². The molecule has 3 aromatic rings. The second-order valence-electron chi connectivity index (χ2n) is 6.04. The molecule has 0 radical (unpaired) electrons. The van der Waals surface area contributed by atoms with E-state index >= 15 is 0 Å². The maximum atomic E-state index is 5.55. The second kappa shape index (κ2) is 6.38. The monoisotopic (exact) mass is 308 g/mol. The minimum Gasteiger partial charge on any atom is -0.359 e. The van der Waals surface area contributed by atoms with Crippen LogP contribution in [0.4, 0.5) is 0 Å². The standard InChI is InChI=1S/C18H20N4O/c1-2-6-15(7-3-1)18-12-17(23-20-18)14-21-10-4-8-16(21)13-22-11-5-9-19-22/h1-3,5-7,9,11-12,16H,4,8,10,13-14H2/t16-/m0/s1. The molecule has 0 saturated carbocycles. The largest absolute Gasteiger partial charge is 0.359 e. The SMILES string of the molecule is c1ccc(-c2cc(CN3CCC[C@H]3Cn3cccn3)on2)cc1. The lowest BCUT2D eigenvalue weighted by atomic mass is 10.1. The van der Waals surface area contributed by atoms with Crippen LogP contribution >= 0.6 is 0 Å². The Labute approximate surface area is 135 Å². The zero-order valence-electron chi connectivity index (χ0n) is 13.0. The first-order valence-electron chi connectivity index (χ1n) is 8.11. The number of aromatic nitrogens is 3. The van der Waals surface area contributed by atoms with Crippen molar-refractivity contribution < 1.29 is 4.52 Å². The Bertz CT molecular complexity index is 735. The van der Waals surface area contributed by atoms with E-state index in [0.29, 0.717) is 6.04 Å². The predicted octanol–water partition coefficient (Wildman–Crippen LogP) is 3.20. The fraction of sp³-hybridized carbons (Fsp3) is 0.333. The van der Waals surface area contributed by atoms with E-state index in [1.807, 2.05) is 41.3 Å². The highest BCUT2D eigenvalue weighted by Gasteiger charge is 2.26. The van der Waals surface area contributed by atoms with Crippen LogP contribution in [0.1, 0.15) is 18.6 Å². The van der Waals surface area contributed by atoms with Crippen molar-refractivity contribution in [2.75, 3.05) is 6.54 Å². The molecule has 0 N–H and O–H groups in total. The summed E-state index contributed by atoms with van der Waals surface area (Å²) in [5.41, 5.74) is 2.00. The first-order valence-corrected chi connectivity index (χ1v) is 8.11. The molecule has 0 bridgehead atoms. The smallest absolute Gasteiger partial charge is 0.151 e. The minimum atomic E-state index is 0.514. The van der Waals surface area contributed by atoms with Gasteiger partial charge in [0.05, 0.1) is 13.1 Å². The molecule has 1 aromatic carbocycles. The first-order chi connectivity index (χ1) is 11.4. The van der Waals surface area contributed by atoms with Crippen LogP contribution in [0.15, 0.2) is 59.4 Å². The summed E-state index contributed by atoms with van der Waals surface area (Å²) in [5.74, 6) is 0.927. The van der Waals surface area contributed by atoms with Crippen molar-refractivity contribution in [3.05, 3.63) is 60.6 Å². The Morgan fingerprint density at radius 3 is 2.91 bits per heavy atom. The second-order valence-corrected chi connectivity index (χ2v) is 6.04. The fourth-order valence-corrected chi connectivity index (χ4v) is 3.27. The zero-order valence-corrected chi connectivity index (χ0v) is 13.0. The van der Waals surface area contributed by atoms with E-state index in [9.17, 15) is 0 Å². The van der Waals surface area contributed by atoms with Gasteiger partial charge in [-0.25, -0.2) is 0 Å². The van der Waals surface area contributed by atoms with Gasteiger partial charge in [0.25, 0.3) is 0 Å². The van der Waals surface area contributed by atoms with Crippen molar-refractivity contribution in [1.82, 2.24) is 19.8 Å². The van der Waals surface area contributed by atoms with E-state index in [1.54, 1.807) is 0 Å². The normalized spacial score (nSPS) is 18.5. The number of rotatable bonds is 5. The van der Waals surface area contributed by atoms with E-state index in [4.69, 9.17) is 4.52 Å². The van der Waals surface area contributed by atoms with E-state index in [0.717, 1.165) is 36.7 Å². The van der Waals surface area contributed by atoms with Gasteiger partial charge in [-0.05, 0) is 25.5 Å². The molecule has 1 fully saturated rings. The summed E-state index contributed by atoms with van der Waals surface area (Å²) in [5, 5.41) is 8.53. The van der Waals surface area contributed by atoms with Crippen molar-refractivity contribution in [3.8, 4) is 11.3 Å². The molecule has 1 atom stereocenters. The Morgan fingerprint density at radius 2 is 2.09 bits per heavy atom. The van der Waals surface area contributed by atoms with Crippen LogP contribution in [0.2, 0.25) is 0 Å². The Hall–Kier alpha value is -2.40. The van der Waals surface area contributed by atoms with Gasteiger partial charge in [0.1, 0.15) is 5.69 Å². The lowest BCUT2D eigenvalue weighted by molar-refractivity contribution is 0.195. The third-order valence-electron chi connectivity index (χ3n) is 4.44.